The van der Waals surface area contributed by atoms with Crippen LogP contribution in [0.3, 0.4) is 0 Å². The predicted octanol–water partition coefficient (Wildman–Crippen LogP) is 4.90. The van der Waals surface area contributed by atoms with Crippen molar-refractivity contribution < 1.29 is 23.1 Å². The molecule has 1 aliphatic carbocycles. The minimum atomic E-state index is -2.69. The zero-order chi connectivity index (χ0) is 22.9. The summed E-state index contributed by atoms with van der Waals surface area (Å²) in [5, 5.41) is 0. The van der Waals surface area contributed by atoms with Gasteiger partial charge in [0, 0.05) is 51.4 Å². The molecule has 1 saturated heterocycles. The highest BCUT2D eigenvalue weighted by molar-refractivity contribution is 5.79. The fourth-order valence-corrected chi connectivity index (χ4v) is 4.48. The molecular formula is C25H28F2N2O3. The van der Waals surface area contributed by atoms with Crippen molar-refractivity contribution in [2.45, 2.75) is 44.1 Å². The third-order valence-corrected chi connectivity index (χ3v) is 6.60. The van der Waals surface area contributed by atoms with E-state index in [2.05, 4.69) is 24.3 Å². The van der Waals surface area contributed by atoms with Crippen molar-refractivity contribution in [2.75, 3.05) is 26.7 Å². The van der Waals surface area contributed by atoms with Crippen LogP contribution in [0.4, 0.5) is 13.6 Å². The van der Waals surface area contributed by atoms with Gasteiger partial charge in [-0.2, -0.15) is 0 Å². The van der Waals surface area contributed by atoms with Crippen LogP contribution in [-0.2, 0) is 9.53 Å². The number of rotatable bonds is 5. The minimum Gasteiger partial charge on any atom is -0.448 e. The summed E-state index contributed by atoms with van der Waals surface area (Å²) in [6.07, 6.45) is -1.05. The number of carbonyl (C=O) groups excluding carboxylic acids is 2. The molecule has 0 aromatic heterocycles. The highest BCUT2D eigenvalue weighted by atomic mass is 19.3. The van der Waals surface area contributed by atoms with Gasteiger partial charge in [0.25, 0.3) is 5.92 Å². The van der Waals surface area contributed by atoms with E-state index in [-0.39, 0.29) is 50.8 Å². The van der Waals surface area contributed by atoms with Gasteiger partial charge in [-0.15, -0.1) is 0 Å². The smallest absolute Gasteiger partial charge is 0.409 e. The summed E-state index contributed by atoms with van der Waals surface area (Å²) in [5.41, 5.74) is 4.58. The van der Waals surface area contributed by atoms with Gasteiger partial charge in [0.1, 0.15) is 6.61 Å². The molecule has 0 spiro atoms. The molecule has 0 bridgehead atoms. The number of fused-ring (bicyclic) bond motifs is 3. The Labute approximate surface area is 187 Å². The number of hydrogen-bond donors (Lipinski definition) is 0. The van der Waals surface area contributed by atoms with Crippen molar-refractivity contribution in [1.29, 1.82) is 0 Å². The molecule has 32 heavy (non-hydrogen) atoms. The average molecular weight is 443 g/mol. The van der Waals surface area contributed by atoms with E-state index in [1.807, 2.05) is 24.3 Å². The number of ether oxygens (including phenoxy) is 1. The number of hydrogen-bond acceptors (Lipinski definition) is 3. The standard InChI is InChI=1S/C25H28F2N2O3/c1-17(15-23(30)29-13-11-25(26,27)12-14-29)28(2)24(31)32-16-22-20-9-5-3-7-18(20)19-8-4-6-10-21(19)22/h3-10,17,22H,11-16H2,1-2H3/t17-/m0/s1. The van der Waals surface area contributed by atoms with Gasteiger partial charge in [-0.25, -0.2) is 13.6 Å². The molecule has 0 N–H and O–H groups in total. The summed E-state index contributed by atoms with van der Waals surface area (Å²) in [6, 6.07) is 15.8. The summed E-state index contributed by atoms with van der Waals surface area (Å²) in [4.78, 5) is 28.0. The van der Waals surface area contributed by atoms with Crippen LogP contribution in [0, 0.1) is 0 Å². The Morgan fingerprint density at radius 3 is 2.16 bits per heavy atom. The van der Waals surface area contributed by atoms with Gasteiger partial charge in [-0.05, 0) is 29.2 Å². The Bertz CT molecular complexity index is 955. The Balaban J connectivity index is 1.34. The normalized spacial score (nSPS) is 17.9. The van der Waals surface area contributed by atoms with Crippen LogP contribution < -0.4 is 0 Å². The molecule has 2 aromatic rings. The maximum absolute atomic E-state index is 13.3. The molecule has 2 aliphatic rings. The van der Waals surface area contributed by atoms with E-state index < -0.39 is 18.1 Å². The maximum Gasteiger partial charge on any atom is 0.409 e. The van der Waals surface area contributed by atoms with Crippen molar-refractivity contribution in [1.82, 2.24) is 9.80 Å². The molecule has 2 aromatic carbocycles. The lowest BCUT2D eigenvalue weighted by Gasteiger charge is -2.33. The van der Waals surface area contributed by atoms with E-state index >= 15 is 0 Å². The molecule has 5 nitrogen and oxygen atoms in total. The minimum absolute atomic E-state index is 0.0355. The molecule has 1 heterocycles. The lowest BCUT2D eigenvalue weighted by atomic mass is 9.98. The van der Waals surface area contributed by atoms with E-state index in [0.29, 0.717) is 0 Å². The van der Waals surface area contributed by atoms with E-state index in [0.717, 1.165) is 22.3 Å². The first-order valence-electron chi connectivity index (χ1n) is 11.0. The van der Waals surface area contributed by atoms with Gasteiger partial charge in [-0.3, -0.25) is 4.79 Å². The Kier molecular flexibility index (Phi) is 6.17. The Morgan fingerprint density at radius 2 is 1.59 bits per heavy atom. The van der Waals surface area contributed by atoms with Gasteiger partial charge < -0.3 is 14.5 Å². The maximum atomic E-state index is 13.3. The fourth-order valence-electron chi connectivity index (χ4n) is 4.48. The van der Waals surface area contributed by atoms with Gasteiger partial charge in [0.05, 0.1) is 0 Å². The third kappa shape index (κ3) is 4.47. The van der Waals surface area contributed by atoms with Crippen LogP contribution in [0.15, 0.2) is 48.5 Å². The van der Waals surface area contributed by atoms with Crippen LogP contribution in [0.5, 0.6) is 0 Å². The number of alkyl halides is 2. The van der Waals surface area contributed by atoms with Crippen LogP contribution in [-0.4, -0.2) is 60.5 Å². The number of amides is 2. The van der Waals surface area contributed by atoms with Gasteiger partial charge in [0.2, 0.25) is 5.91 Å². The molecule has 1 aliphatic heterocycles. The monoisotopic (exact) mass is 442 g/mol. The predicted molar refractivity (Wildman–Crippen MR) is 118 cm³/mol. The molecular weight excluding hydrogens is 414 g/mol. The summed E-state index contributed by atoms with van der Waals surface area (Å²) >= 11 is 0. The Hall–Kier alpha value is -2.96. The molecule has 170 valence electrons. The van der Waals surface area contributed by atoms with Gasteiger partial charge in [-0.1, -0.05) is 48.5 Å². The second-order valence-electron chi connectivity index (χ2n) is 8.70. The summed E-state index contributed by atoms with van der Waals surface area (Å²) in [5.74, 6) is -2.95. The van der Waals surface area contributed by atoms with Gasteiger partial charge >= 0.3 is 6.09 Å². The van der Waals surface area contributed by atoms with Crippen molar-refractivity contribution in [2.24, 2.45) is 0 Å². The van der Waals surface area contributed by atoms with E-state index in [1.165, 1.54) is 9.80 Å². The second kappa shape index (κ2) is 8.88. The van der Waals surface area contributed by atoms with Crippen molar-refractivity contribution >= 4 is 12.0 Å². The highest BCUT2D eigenvalue weighted by Crippen LogP contribution is 2.44. The molecule has 0 radical (unpaired) electrons. The first kappa shape index (κ1) is 22.2. The first-order chi connectivity index (χ1) is 15.3. The van der Waals surface area contributed by atoms with Crippen molar-refractivity contribution in [3.8, 4) is 11.1 Å². The fraction of sp³-hybridized carbons (Fsp3) is 0.440. The quantitative estimate of drug-likeness (QED) is 0.662. The summed E-state index contributed by atoms with van der Waals surface area (Å²) < 4.78 is 32.3. The molecule has 0 saturated carbocycles. The SMILES string of the molecule is C[C@@H](CC(=O)N1CCC(F)(F)CC1)N(C)C(=O)OCC1c2ccccc2-c2ccccc21. The zero-order valence-electron chi connectivity index (χ0n) is 18.4. The molecule has 2 amide bonds. The number of piperidine rings is 1. The molecule has 1 atom stereocenters. The number of benzene rings is 2. The van der Waals surface area contributed by atoms with E-state index in [1.54, 1.807) is 14.0 Å². The van der Waals surface area contributed by atoms with Gasteiger partial charge in [0.15, 0.2) is 0 Å². The van der Waals surface area contributed by atoms with Crippen molar-refractivity contribution in [3.05, 3.63) is 59.7 Å². The van der Waals surface area contributed by atoms with Crippen molar-refractivity contribution in [3.63, 3.8) is 0 Å². The average Bonchev–Trinajstić information content (AvgIpc) is 3.10. The van der Waals surface area contributed by atoms with Crippen LogP contribution >= 0.6 is 0 Å². The highest BCUT2D eigenvalue weighted by Gasteiger charge is 2.36. The molecule has 7 heteroatoms. The topological polar surface area (TPSA) is 49.9 Å². The molecule has 4 rings (SSSR count). The first-order valence-corrected chi connectivity index (χ1v) is 11.0. The largest absolute Gasteiger partial charge is 0.448 e. The molecule has 0 unspecified atom stereocenters. The van der Waals surface area contributed by atoms with Crippen LogP contribution in [0.2, 0.25) is 0 Å². The number of likely N-dealkylation sites (tertiary alicyclic amines) is 1. The summed E-state index contributed by atoms with van der Waals surface area (Å²) in [6.45, 7) is 2.07. The van der Waals surface area contributed by atoms with Crippen LogP contribution in [0.1, 0.15) is 43.2 Å². The number of halogens is 2. The van der Waals surface area contributed by atoms with E-state index in [4.69, 9.17) is 4.74 Å². The second-order valence-corrected chi connectivity index (χ2v) is 8.70. The lowest BCUT2D eigenvalue weighted by molar-refractivity contribution is -0.138. The lowest BCUT2D eigenvalue weighted by Crippen LogP contribution is -2.45. The summed E-state index contributed by atoms with van der Waals surface area (Å²) in [7, 11) is 1.60. The Morgan fingerprint density at radius 1 is 1.06 bits per heavy atom. The van der Waals surface area contributed by atoms with Crippen LogP contribution in [0.25, 0.3) is 11.1 Å². The van der Waals surface area contributed by atoms with E-state index in [9.17, 15) is 18.4 Å². The number of carbonyl (C=O) groups is 2. The molecule has 1 fully saturated rings. The zero-order valence-corrected chi connectivity index (χ0v) is 18.4. The third-order valence-electron chi connectivity index (χ3n) is 6.60. The number of nitrogens with zero attached hydrogens (tertiary/aromatic N) is 2.